The molecule has 2 nitrogen and oxygen atoms in total. The molecule has 0 amide bonds. The van der Waals surface area contributed by atoms with Gasteiger partial charge >= 0.3 is 0 Å². The number of rotatable bonds is 5. The average Bonchev–Trinajstić information content (AvgIpc) is 2.47. The molecule has 2 aromatic rings. The molecular formula is C17H20INO. The molecule has 2 aromatic carbocycles. The zero-order chi connectivity index (χ0) is 14.5. The SMILES string of the molecule is CNC(Cc1ccc(I)cc1)c1ccc(C)cc1OC. The number of halogens is 1. The van der Waals surface area contributed by atoms with Crippen molar-refractivity contribution in [3.05, 3.63) is 62.7 Å². The van der Waals surface area contributed by atoms with Crippen molar-refractivity contribution >= 4 is 22.6 Å². The Bertz CT molecular complexity index is 566. The van der Waals surface area contributed by atoms with Gasteiger partial charge in [-0.15, -0.1) is 0 Å². The van der Waals surface area contributed by atoms with Gasteiger partial charge in [-0.2, -0.15) is 0 Å². The number of hydrogen-bond donors (Lipinski definition) is 1. The monoisotopic (exact) mass is 381 g/mol. The van der Waals surface area contributed by atoms with Crippen LogP contribution in [0.3, 0.4) is 0 Å². The van der Waals surface area contributed by atoms with Crippen LogP contribution in [0.4, 0.5) is 0 Å². The number of methoxy groups -OCH3 is 1. The van der Waals surface area contributed by atoms with Crippen molar-refractivity contribution in [1.82, 2.24) is 5.32 Å². The largest absolute Gasteiger partial charge is 0.496 e. The molecule has 106 valence electrons. The van der Waals surface area contributed by atoms with E-state index in [9.17, 15) is 0 Å². The van der Waals surface area contributed by atoms with Crippen LogP contribution in [0.1, 0.15) is 22.7 Å². The van der Waals surface area contributed by atoms with Gasteiger partial charge in [0.2, 0.25) is 0 Å². The lowest BCUT2D eigenvalue weighted by Gasteiger charge is -2.20. The number of benzene rings is 2. The molecule has 0 saturated carbocycles. The van der Waals surface area contributed by atoms with Crippen molar-refractivity contribution < 1.29 is 4.74 Å². The molecule has 0 aliphatic heterocycles. The van der Waals surface area contributed by atoms with Crippen LogP contribution in [0.15, 0.2) is 42.5 Å². The van der Waals surface area contributed by atoms with E-state index in [1.165, 1.54) is 20.3 Å². The number of likely N-dealkylation sites (N-methyl/N-ethyl adjacent to an activating group) is 1. The van der Waals surface area contributed by atoms with Gasteiger partial charge in [0.1, 0.15) is 5.75 Å². The van der Waals surface area contributed by atoms with Crippen molar-refractivity contribution in [2.45, 2.75) is 19.4 Å². The van der Waals surface area contributed by atoms with Crippen LogP contribution in [-0.2, 0) is 6.42 Å². The summed E-state index contributed by atoms with van der Waals surface area (Å²) in [5, 5.41) is 3.39. The molecule has 0 heterocycles. The third kappa shape index (κ3) is 3.73. The maximum Gasteiger partial charge on any atom is 0.123 e. The Morgan fingerprint density at radius 1 is 1.15 bits per heavy atom. The molecule has 3 heteroatoms. The lowest BCUT2D eigenvalue weighted by molar-refractivity contribution is 0.401. The highest BCUT2D eigenvalue weighted by Gasteiger charge is 2.15. The molecule has 0 radical (unpaired) electrons. The fourth-order valence-corrected chi connectivity index (χ4v) is 2.69. The lowest BCUT2D eigenvalue weighted by Crippen LogP contribution is -2.19. The Kier molecular flexibility index (Phi) is 5.43. The molecular weight excluding hydrogens is 361 g/mol. The molecule has 0 aliphatic carbocycles. The van der Waals surface area contributed by atoms with E-state index in [-0.39, 0.29) is 6.04 Å². The molecule has 0 aromatic heterocycles. The predicted molar refractivity (Wildman–Crippen MR) is 92.4 cm³/mol. The molecule has 1 atom stereocenters. The van der Waals surface area contributed by atoms with E-state index in [0.717, 1.165) is 12.2 Å². The van der Waals surface area contributed by atoms with Gasteiger partial charge in [-0.05, 0) is 72.3 Å². The second-order valence-electron chi connectivity index (χ2n) is 4.92. The van der Waals surface area contributed by atoms with Crippen LogP contribution in [0, 0.1) is 10.5 Å². The van der Waals surface area contributed by atoms with Crippen molar-refractivity contribution in [1.29, 1.82) is 0 Å². The normalized spacial score (nSPS) is 12.2. The van der Waals surface area contributed by atoms with Gasteiger partial charge in [0.25, 0.3) is 0 Å². The maximum absolute atomic E-state index is 5.52. The van der Waals surface area contributed by atoms with E-state index in [2.05, 4.69) is 77.3 Å². The quantitative estimate of drug-likeness (QED) is 0.788. The summed E-state index contributed by atoms with van der Waals surface area (Å²) in [5.41, 5.74) is 3.75. The molecule has 0 spiro atoms. The predicted octanol–water partition coefficient (Wildman–Crippen LogP) is 4.11. The van der Waals surface area contributed by atoms with Gasteiger partial charge in [-0.25, -0.2) is 0 Å². The smallest absolute Gasteiger partial charge is 0.123 e. The number of ether oxygens (including phenoxy) is 1. The second kappa shape index (κ2) is 7.09. The van der Waals surface area contributed by atoms with Gasteiger partial charge in [0, 0.05) is 15.2 Å². The topological polar surface area (TPSA) is 21.3 Å². The van der Waals surface area contributed by atoms with Crippen LogP contribution in [-0.4, -0.2) is 14.2 Å². The summed E-state index contributed by atoms with van der Waals surface area (Å²) in [5.74, 6) is 0.954. The van der Waals surface area contributed by atoms with E-state index in [1.54, 1.807) is 7.11 Å². The minimum atomic E-state index is 0.255. The van der Waals surface area contributed by atoms with E-state index < -0.39 is 0 Å². The molecule has 0 aliphatic rings. The first kappa shape index (κ1) is 15.3. The lowest BCUT2D eigenvalue weighted by atomic mass is 9.97. The highest BCUT2D eigenvalue weighted by Crippen LogP contribution is 2.28. The summed E-state index contributed by atoms with van der Waals surface area (Å²) in [6, 6.07) is 15.3. The summed E-state index contributed by atoms with van der Waals surface area (Å²) in [7, 11) is 3.73. The second-order valence-corrected chi connectivity index (χ2v) is 6.16. The van der Waals surface area contributed by atoms with Crippen LogP contribution >= 0.6 is 22.6 Å². The van der Waals surface area contributed by atoms with Crippen LogP contribution in [0.5, 0.6) is 5.75 Å². The summed E-state index contributed by atoms with van der Waals surface area (Å²) >= 11 is 2.33. The van der Waals surface area contributed by atoms with E-state index >= 15 is 0 Å². The number of aryl methyl sites for hydroxylation is 1. The van der Waals surface area contributed by atoms with Crippen molar-refractivity contribution in [3.8, 4) is 5.75 Å². The standard InChI is InChI=1S/C17H20INO/c1-12-4-9-15(17(10-12)20-3)16(19-2)11-13-5-7-14(18)8-6-13/h4-10,16,19H,11H2,1-3H3. The highest BCUT2D eigenvalue weighted by molar-refractivity contribution is 14.1. The Morgan fingerprint density at radius 2 is 1.85 bits per heavy atom. The Balaban J connectivity index is 2.26. The molecule has 1 unspecified atom stereocenters. The minimum absolute atomic E-state index is 0.255. The number of hydrogen-bond acceptors (Lipinski definition) is 2. The first-order valence-electron chi connectivity index (χ1n) is 6.70. The van der Waals surface area contributed by atoms with E-state index in [4.69, 9.17) is 4.74 Å². The van der Waals surface area contributed by atoms with Crippen LogP contribution < -0.4 is 10.1 Å². The molecule has 0 saturated heterocycles. The molecule has 0 bridgehead atoms. The maximum atomic E-state index is 5.52. The first-order chi connectivity index (χ1) is 9.63. The third-order valence-corrected chi connectivity index (χ3v) is 4.19. The van der Waals surface area contributed by atoms with Crippen molar-refractivity contribution in [2.24, 2.45) is 0 Å². The zero-order valence-electron chi connectivity index (χ0n) is 12.1. The van der Waals surface area contributed by atoms with Crippen molar-refractivity contribution in [3.63, 3.8) is 0 Å². The third-order valence-electron chi connectivity index (χ3n) is 3.47. The summed E-state index contributed by atoms with van der Waals surface area (Å²) in [6.45, 7) is 2.08. The van der Waals surface area contributed by atoms with Gasteiger partial charge in [-0.1, -0.05) is 24.3 Å². The fraction of sp³-hybridized carbons (Fsp3) is 0.294. The minimum Gasteiger partial charge on any atom is -0.496 e. The van der Waals surface area contributed by atoms with Crippen LogP contribution in [0.2, 0.25) is 0 Å². The Labute approximate surface area is 134 Å². The average molecular weight is 381 g/mol. The van der Waals surface area contributed by atoms with Gasteiger partial charge in [0.05, 0.1) is 7.11 Å². The molecule has 1 N–H and O–H groups in total. The molecule has 2 rings (SSSR count). The Morgan fingerprint density at radius 3 is 2.45 bits per heavy atom. The van der Waals surface area contributed by atoms with Gasteiger partial charge < -0.3 is 10.1 Å². The highest BCUT2D eigenvalue weighted by atomic mass is 127. The van der Waals surface area contributed by atoms with Gasteiger partial charge in [-0.3, -0.25) is 0 Å². The van der Waals surface area contributed by atoms with Gasteiger partial charge in [0.15, 0.2) is 0 Å². The first-order valence-corrected chi connectivity index (χ1v) is 7.78. The summed E-state index contributed by atoms with van der Waals surface area (Å²) in [6.07, 6.45) is 0.951. The Hall–Kier alpha value is -1.07. The summed E-state index contributed by atoms with van der Waals surface area (Å²) in [4.78, 5) is 0. The van der Waals surface area contributed by atoms with E-state index in [0.29, 0.717) is 0 Å². The van der Waals surface area contributed by atoms with Crippen molar-refractivity contribution in [2.75, 3.05) is 14.2 Å². The molecule has 0 fully saturated rings. The van der Waals surface area contributed by atoms with E-state index in [1.807, 2.05) is 7.05 Å². The van der Waals surface area contributed by atoms with Crippen LogP contribution in [0.25, 0.3) is 0 Å². The number of nitrogens with one attached hydrogen (secondary N) is 1. The zero-order valence-corrected chi connectivity index (χ0v) is 14.3. The fourth-order valence-electron chi connectivity index (χ4n) is 2.33. The molecule has 20 heavy (non-hydrogen) atoms. The summed E-state index contributed by atoms with van der Waals surface area (Å²) < 4.78 is 6.79.